The lowest BCUT2D eigenvalue weighted by Crippen LogP contribution is -2.49. The average molecular weight is 303 g/mol. The summed E-state index contributed by atoms with van der Waals surface area (Å²) in [4.78, 5) is 10.5. The molecule has 0 spiro atoms. The summed E-state index contributed by atoms with van der Waals surface area (Å²) in [5.74, 6) is 0. The van der Waals surface area contributed by atoms with E-state index in [2.05, 4.69) is 50.0 Å². The van der Waals surface area contributed by atoms with E-state index in [4.69, 9.17) is 0 Å². The molecule has 0 radical (unpaired) electrons. The van der Waals surface area contributed by atoms with Crippen molar-refractivity contribution in [2.45, 2.75) is 32.4 Å². The summed E-state index contributed by atoms with van der Waals surface area (Å²) in [6, 6.07) is 2.54. The first kappa shape index (κ1) is 14.5. The number of rotatable bonds is 5. The second-order valence-electron chi connectivity index (χ2n) is 5.57. The van der Waals surface area contributed by atoms with Crippen LogP contribution in [0.2, 0.25) is 0 Å². The van der Waals surface area contributed by atoms with Crippen molar-refractivity contribution >= 4 is 16.3 Å². The topological polar surface area (TPSA) is 47.6 Å². The molecule has 0 N–H and O–H groups in total. The number of hydrogen-bond donors (Lipinski definition) is 0. The third-order valence-corrected chi connectivity index (χ3v) is 4.86. The largest absolute Gasteiger partial charge is 0.297 e. The van der Waals surface area contributed by atoms with E-state index in [0.29, 0.717) is 0 Å². The Bertz CT molecular complexity index is 589. The molecule has 2 aromatic rings. The van der Waals surface area contributed by atoms with Crippen LogP contribution in [0.1, 0.15) is 25.5 Å². The lowest BCUT2D eigenvalue weighted by molar-refractivity contribution is 0.105. The van der Waals surface area contributed by atoms with Gasteiger partial charge < -0.3 is 0 Å². The first-order chi connectivity index (χ1) is 10.3. The molecule has 112 valence electrons. The predicted molar refractivity (Wildman–Crippen MR) is 84.2 cm³/mol. The van der Waals surface area contributed by atoms with E-state index in [0.717, 1.165) is 56.2 Å². The number of nitrogens with zero attached hydrogens (tertiary/aromatic N) is 5. The van der Waals surface area contributed by atoms with Crippen LogP contribution in [0.15, 0.2) is 17.8 Å². The molecule has 0 saturated carbocycles. The Morgan fingerprint density at radius 3 is 2.86 bits per heavy atom. The van der Waals surface area contributed by atoms with Crippen LogP contribution in [0, 0.1) is 11.3 Å². The third-order valence-electron chi connectivity index (χ3n) is 4.09. The van der Waals surface area contributed by atoms with Crippen molar-refractivity contribution in [3.05, 3.63) is 23.5 Å². The van der Waals surface area contributed by atoms with Crippen LogP contribution < -0.4 is 0 Å². The van der Waals surface area contributed by atoms with Gasteiger partial charge in [-0.25, -0.2) is 4.98 Å². The van der Waals surface area contributed by atoms with E-state index in [1.54, 1.807) is 11.3 Å². The number of hydrogen-bond acceptors (Lipinski definition) is 5. The highest BCUT2D eigenvalue weighted by Gasteiger charge is 2.23. The summed E-state index contributed by atoms with van der Waals surface area (Å²) < 4.78 is 2.09. The van der Waals surface area contributed by atoms with Crippen LogP contribution in [-0.2, 0) is 6.54 Å². The molecule has 1 atom stereocenters. The Labute approximate surface area is 129 Å². The van der Waals surface area contributed by atoms with Gasteiger partial charge in [0.15, 0.2) is 4.96 Å². The summed E-state index contributed by atoms with van der Waals surface area (Å²) in [5.41, 5.74) is 1.14. The summed E-state index contributed by atoms with van der Waals surface area (Å²) >= 11 is 1.67. The molecule has 1 aliphatic heterocycles. The molecule has 0 amide bonds. The smallest absolute Gasteiger partial charge is 0.193 e. The van der Waals surface area contributed by atoms with Crippen molar-refractivity contribution in [2.75, 3.05) is 26.2 Å². The van der Waals surface area contributed by atoms with Gasteiger partial charge >= 0.3 is 0 Å². The highest BCUT2D eigenvalue weighted by molar-refractivity contribution is 7.15. The second-order valence-corrected chi connectivity index (χ2v) is 6.44. The number of nitriles is 1. The van der Waals surface area contributed by atoms with E-state index in [9.17, 15) is 5.26 Å². The molecular formula is C15H21N5S. The Hall–Kier alpha value is -1.42. The Balaban J connectivity index is 1.54. The van der Waals surface area contributed by atoms with Crippen molar-refractivity contribution < 1.29 is 0 Å². The third kappa shape index (κ3) is 3.26. The highest BCUT2D eigenvalue weighted by Crippen LogP contribution is 2.15. The summed E-state index contributed by atoms with van der Waals surface area (Å²) in [6.07, 6.45) is 6.22. The van der Waals surface area contributed by atoms with Crippen molar-refractivity contribution in [3.63, 3.8) is 0 Å². The minimum absolute atomic E-state index is 0.0927. The first-order valence-electron chi connectivity index (χ1n) is 7.57. The maximum Gasteiger partial charge on any atom is 0.193 e. The van der Waals surface area contributed by atoms with Crippen LogP contribution in [0.5, 0.6) is 0 Å². The van der Waals surface area contributed by atoms with Gasteiger partial charge in [-0.15, -0.1) is 11.3 Å². The molecule has 1 saturated heterocycles. The van der Waals surface area contributed by atoms with Gasteiger partial charge in [0, 0.05) is 50.5 Å². The molecule has 21 heavy (non-hydrogen) atoms. The standard InChI is InChI=1S/C15H21N5S/c1-2-3-14(10-16)19-6-4-18(5-7-19)11-13-12-20-8-9-21-15(20)17-13/h8-9,12,14H,2-7,11H2,1H3. The molecule has 0 bridgehead atoms. The van der Waals surface area contributed by atoms with Gasteiger partial charge in [-0.1, -0.05) is 13.3 Å². The monoisotopic (exact) mass is 303 g/mol. The number of fused-ring (bicyclic) bond motifs is 1. The maximum atomic E-state index is 9.25. The Morgan fingerprint density at radius 2 is 2.19 bits per heavy atom. The predicted octanol–water partition coefficient (Wildman–Crippen LogP) is 2.21. The van der Waals surface area contributed by atoms with E-state index in [-0.39, 0.29) is 6.04 Å². The molecule has 3 rings (SSSR count). The average Bonchev–Trinajstić information content (AvgIpc) is 3.07. The van der Waals surface area contributed by atoms with Crippen LogP contribution >= 0.6 is 11.3 Å². The molecular weight excluding hydrogens is 282 g/mol. The van der Waals surface area contributed by atoms with Crippen molar-refractivity contribution in [2.24, 2.45) is 0 Å². The molecule has 2 aromatic heterocycles. The summed E-state index contributed by atoms with van der Waals surface area (Å²) in [5, 5.41) is 11.3. The fraction of sp³-hybridized carbons (Fsp3) is 0.600. The van der Waals surface area contributed by atoms with Gasteiger partial charge in [-0.05, 0) is 6.42 Å². The van der Waals surface area contributed by atoms with Gasteiger partial charge in [0.25, 0.3) is 0 Å². The van der Waals surface area contributed by atoms with E-state index < -0.39 is 0 Å². The molecule has 3 heterocycles. The number of aromatic nitrogens is 2. The van der Waals surface area contributed by atoms with Crippen LogP contribution in [0.4, 0.5) is 0 Å². The number of thiazole rings is 1. The van der Waals surface area contributed by atoms with E-state index in [1.165, 1.54) is 0 Å². The molecule has 1 unspecified atom stereocenters. The lowest BCUT2D eigenvalue weighted by atomic mass is 10.1. The summed E-state index contributed by atoms with van der Waals surface area (Å²) in [6.45, 7) is 7.07. The van der Waals surface area contributed by atoms with Crippen LogP contribution in [0.3, 0.4) is 0 Å². The first-order valence-corrected chi connectivity index (χ1v) is 8.45. The van der Waals surface area contributed by atoms with Gasteiger partial charge in [0.1, 0.15) is 0 Å². The van der Waals surface area contributed by atoms with Crippen molar-refractivity contribution in [3.8, 4) is 6.07 Å². The fourth-order valence-corrected chi connectivity index (χ4v) is 3.64. The zero-order valence-corrected chi connectivity index (χ0v) is 13.2. The molecule has 1 fully saturated rings. The lowest BCUT2D eigenvalue weighted by Gasteiger charge is -2.36. The van der Waals surface area contributed by atoms with Gasteiger partial charge in [0.05, 0.1) is 17.8 Å². The Morgan fingerprint density at radius 1 is 1.38 bits per heavy atom. The SMILES string of the molecule is CCCC(C#N)N1CCN(Cc2cn3ccsc3n2)CC1. The summed E-state index contributed by atoms with van der Waals surface area (Å²) in [7, 11) is 0. The minimum atomic E-state index is 0.0927. The highest BCUT2D eigenvalue weighted by atomic mass is 32.1. The zero-order valence-electron chi connectivity index (χ0n) is 12.4. The quantitative estimate of drug-likeness (QED) is 0.849. The van der Waals surface area contributed by atoms with Gasteiger partial charge in [-0.3, -0.25) is 14.2 Å². The number of imidazole rings is 1. The van der Waals surface area contributed by atoms with Gasteiger partial charge in [0.2, 0.25) is 0 Å². The maximum absolute atomic E-state index is 9.25. The Kier molecular flexibility index (Phi) is 4.54. The number of piperazine rings is 1. The van der Waals surface area contributed by atoms with Crippen molar-refractivity contribution in [1.82, 2.24) is 19.2 Å². The van der Waals surface area contributed by atoms with Crippen LogP contribution in [0.25, 0.3) is 4.96 Å². The zero-order chi connectivity index (χ0) is 14.7. The van der Waals surface area contributed by atoms with Gasteiger partial charge in [-0.2, -0.15) is 5.26 Å². The molecule has 0 aromatic carbocycles. The fourth-order valence-electron chi connectivity index (χ4n) is 2.92. The second kappa shape index (κ2) is 6.56. The molecule has 6 heteroatoms. The minimum Gasteiger partial charge on any atom is -0.297 e. The molecule has 1 aliphatic rings. The molecule has 5 nitrogen and oxygen atoms in total. The molecule has 0 aliphatic carbocycles. The van der Waals surface area contributed by atoms with E-state index in [1.807, 2.05) is 0 Å². The van der Waals surface area contributed by atoms with Crippen molar-refractivity contribution in [1.29, 1.82) is 5.26 Å². The van der Waals surface area contributed by atoms with Crippen LogP contribution in [-0.4, -0.2) is 51.4 Å². The normalized spacial score (nSPS) is 18.9. The van der Waals surface area contributed by atoms with E-state index >= 15 is 0 Å².